The van der Waals surface area contributed by atoms with Gasteiger partial charge in [0.1, 0.15) is 23.9 Å². The molecule has 328 valence electrons. The van der Waals surface area contributed by atoms with Crippen molar-refractivity contribution in [2.75, 3.05) is 6.61 Å². The molecule has 2 saturated carbocycles. The second-order valence-corrected chi connectivity index (χ2v) is 17.2. The van der Waals surface area contributed by atoms with Gasteiger partial charge in [0.05, 0.1) is 35.2 Å². The first-order chi connectivity index (χ1) is 29.3. The molecular formula is C47H50O15. The monoisotopic (exact) mass is 854 g/mol. The second-order valence-electron chi connectivity index (χ2n) is 17.2. The minimum atomic E-state index is -2.41. The topological polar surface area (TPSA) is 218 Å². The first kappa shape index (κ1) is 44.3. The van der Waals surface area contributed by atoms with Crippen molar-refractivity contribution in [1.82, 2.24) is 0 Å². The van der Waals surface area contributed by atoms with Crippen molar-refractivity contribution in [3.8, 4) is 0 Å². The van der Waals surface area contributed by atoms with Crippen molar-refractivity contribution in [1.29, 1.82) is 0 Å². The molecule has 1 saturated heterocycles. The van der Waals surface area contributed by atoms with Crippen LogP contribution < -0.4 is 0 Å². The molecule has 4 aliphatic rings. The molecule has 0 spiro atoms. The number of esters is 5. The number of ketones is 1. The fourth-order valence-electron chi connectivity index (χ4n) is 10.1. The molecule has 2 bridgehead atoms. The van der Waals surface area contributed by atoms with Gasteiger partial charge in [0.25, 0.3) is 0 Å². The smallest absolute Gasteiger partial charge is 0.339 e. The van der Waals surface area contributed by atoms with Crippen LogP contribution in [0.2, 0.25) is 0 Å². The van der Waals surface area contributed by atoms with Gasteiger partial charge in [-0.1, -0.05) is 80.6 Å². The highest BCUT2D eigenvalue weighted by Crippen LogP contribution is 2.64. The number of aliphatic hydroxyl groups is 3. The van der Waals surface area contributed by atoms with Crippen LogP contribution in [0.25, 0.3) is 0 Å². The van der Waals surface area contributed by atoms with Crippen molar-refractivity contribution in [2.45, 2.75) is 108 Å². The predicted octanol–water partition coefficient (Wildman–Crippen LogP) is 4.16. The molecule has 3 aromatic carbocycles. The third kappa shape index (κ3) is 7.29. The van der Waals surface area contributed by atoms with Gasteiger partial charge in [0.2, 0.25) is 0 Å². The number of Topliss-reactive ketones (excluding diaryl/α,β-unsaturated/α-hetero) is 1. The lowest BCUT2D eigenvalue weighted by atomic mass is 9.44. The fraction of sp³-hybridized carbons (Fsp3) is 0.447. The lowest BCUT2D eigenvalue weighted by Gasteiger charge is -2.67. The average Bonchev–Trinajstić information content (AvgIpc) is 3.24. The third-order valence-corrected chi connectivity index (χ3v) is 13.3. The van der Waals surface area contributed by atoms with E-state index in [0.717, 1.165) is 13.8 Å². The summed E-state index contributed by atoms with van der Waals surface area (Å²) in [5.41, 5.74) is -7.33. The standard InChI is InChI=1S/C47H50O15/c1-25-31(59-43(55)35(51)36(28-16-10-7-11-17-28)60-41(53)29-18-12-8-13-19-29)23-47(56)40(61-42(54)30-20-14-9-15-21-30)38-45(6,32(50)22-33-46(38,24-57-33)62-27(3)49)39(52)37(58-26(2)48)34(25)44(47,4)5/h7-21,31-33,35-38,40,50-51,56H,22-24H2,1-6H3/t31-,32-,33+,35+,36-,37+,38?,40-,45+,46-,47-/m0/s1. The molecule has 7 rings (SSSR count). The van der Waals surface area contributed by atoms with Gasteiger partial charge in [-0.25, -0.2) is 14.4 Å². The zero-order chi connectivity index (χ0) is 44.9. The van der Waals surface area contributed by atoms with Gasteiger partial charge in [-0.05, 0) is 54.8 Å². The van der Waals surface area contributed by atoms with Crippen LogP contribution in [-0.2, 0) is 47.6 Å². The Hall–Kier alpha value is -5.74. The Kier molecular flexibility index (Phi) is 11.8. The summed E-state index contributed by atoms with van der Waals surface area (Å²) in [5, 5.41) is 37.4. The number of benzene rings is 3. The fourth-order valence-corrected chi connectivity index (χ4v) is 10.1. The predicted molar refractivity (Wildman–Crippen MR) is 216 cm³/mol. The molecule has 15 nitrogen and oxygen atoms in total. The van der Waals surface area contributed by atoms with E-state index in [1.165, 1.54) is 38.1 Å². The van der Waals surface area contributed by atoms with Gasteiger partial charge in [-0.15, -0.1) is 0 Å². The molecule has 1 unspecified atom stereocenters. The Balaban J connectivity index is 1.39. The first-order valence-corrected chi connectivity index (χ1v) is 20.4. The minimum Gasteiger partial charge on any atom is -0.456 e. The highest BCUT2D eigenvalue weighted by Gasteiger charge is 2.78. The molecule has 62 heavy (non-hydrogen) atoms. The van der Waals surface area contributed by atoms with Crippen molar-refractivity contribution in [2.24, 2.45) is 16.7 Å². The maximum atomic E-state index is 15.5. The largest absolute Gasteiger partial charge is 0.456 e. The third-order valence-electron chi connectivity index (χ3n) is 13.3. The summed E-state index contributed by atoms with van der Waals surface area (Å²) in [6.07, 6.45) is -12.3. The van der Waals surface area contributed by atoms with E-state index < -0.39 is 113 Å². The zero-order valence-electron chi connectivity index (χ0n) is 35.1. The average molecular weight is 855 g/mol. The number of aliphatic hydroxyl groups excluding tert-OH is 2. The van der Waals surface area contributed by atoms with Crippen molar-refractivity contribution in [3.63, 3.8) is 0 Å². The molecule has 3 fully saturated rings. The summed E-state index contributed by atoms with van der Waals surface area (Å²) in [5.74, 6) is -7.20. The van der Waals surface area contributed by atoms with Crippen LogP contribution in [0.4, 0.5) is 0 Å². The number of fused-ring (bicyclic) bond motifs is 5. The van der Waals surface area contributed by atoms with Gasteiger partial charge in [-0.2, -0.15) is 0 Å². The molecule has 15 heteroatoms. The summed E-state index contributed by atoms with van der Waals surface area (Å²) >= 11 is 0. The van der Waals surface area contributed by atoms with E-state index in [0.29, 0.717) is 0 Å². The molecule has 0 aromatic heterocycles. The number of rotatable bonds is 10. The summed E-state index contributed by atoms with van der Waals surface area (Å²) in [6, 6.07) is 23.8. The van der Waals surface area contributed by atoms with Crippen LogP contribution >= 0.6 is 0 Å². The van der Waals surface area contributed by atoms with E-state index in [-0.39, 0.29) is 40.9 Å². The first-order valence-electron chi connectivity index (χ1n) is 20.4. The maximum Gasteiger partial charge on any atom is 0.339 e. The molecule has 3 N–H and O–H groups in total. The van der Waals surface area contributed by atoms with E-state index in [2.05, 4.69) is 0 Å². The Morgan fingerprint density at radius 1 is 0.790 bits per heavy atom. The molecule has 0 radical (unpaired) electrons. The van der Waals surface area contributed by atoms with Crippen molar-refractivity contribution >= 4 is 35.6 Å². The second kappa shape index (κ2) is 16.5. The van der Waals surface area contributed by atoms with Gasteiger partial charge < -0.3 is 43.7 Å². The Morgan fingerprint density at radius 3 is 1.89 bits per heavy atom. The molecule has 1 heterocycles. The lowest BCUT2D eigenvalue weighted by molar-refractivity contribution is -0.346. The number of hydrogen-bond donors (Lipinski definition) is 3. The van der Waals surface area contributed by atoms with Gasteiger partial charge in [0.15, 0.2) is 29.7 Å². The van der Waals surface area contributed by atoms with Gasteiger partial charge in [0, 0.05) is 32.1 Å². The minimum absolute atomic E-state index is 0.0185. The van der Waals surface area contributed by atoms with Crippen LogP contribution in [0.15, 0.2) is 102 Å². The molecule has 0 amide bonds. The van der Waals surface area contributed by atoms with Crippen LogP contribution in [0.1, 0.15) is 86.8 Å². The van der Waals surface area contributed by atoms with Crippen molar-refractivity contribution < 1.29 is 72.5 Å². The van der Waals surface area contributed by atoms with E-state index in [9.17, 15) is 39.3 Å². The van der Waals surface area contributed by atoms with E-state index in [1.807, 2.05) is 0 Å². The van der Waals surface area contributed by atoms with E-state index in [4.69, 9.17) is 28.4 Å². The van der Waals surface area contributed by atoms with Crippen LogP contribution in [0, 0.1) is 16.7 Å². The zero-order valence-corrected chi connectivity index (χ0v) is 35.1. The number of carbonyl (C=O) groups excluding carboxylic acids is 6. The van der Waals surface area contributed by atoms with Crippen LogP contribution in [0.5, 0.6) is 0 Å². The molecule has 3 aliphatic carbocycles. The Bertz CT molecular complexity index is 2280. The van der Waals surface area contributed by atoms with E-state index >= 15 is 4.79 Å². The normalized spacial score (nSPS) is 31.9. The molecule has 1 aliphatic heterocycles. The number of hydrogen-bond acceptors (Lipinski definition) is 15. The van der Waals surface area contributed by atoms with E-state index in [1.54, 1.807) is 80.6 Å². The number of carbonyl (C=O) groups is 6. The Labute approximate surface area is 357 Å². The summed E-state index contributed by atoms with van der Waals surface area (Å²) < 4.78 is 35.9. The van der Waals surface area contributed by atoms with Gasteiger partial charge in [-0.3, -0.25) is 14.4 Å². The highest BCUT2D eigenvalue weighted by atomic mass is 16.6. The molecule has 3 aromatic rings. The maximum absolute atomic E-state index is 15.5. The Morgan fingerprint density at radius 2 is 1.35 bits per heavy atom. The van der Waals surface area contributed by atoms with Gasteiger partial charge >= 0.3 is 29.8 Å². The summed E-state index contributed by atoms with van der Waals surface area (Å²) in [4.78, 5) is 83.3. The quantitative estimate of drug-likeness (QED) is 0.148. The van der Waals surface area contributed by atoms with Crippen LogP contribution in [0.3, 0.4) is 0 Å². The molecule has 11 atom stereocenters. The SMILES string of the molecule is CC(=O)O[C@H]1C(=O)[C@@]2(C)C([C@H](OC(=O)c3ccccc3)[C@@]3(O)C[C@H](OC(=O)[C@H](O)[C@@H](OC(=O)c4ccccc4)c4ccccc4)C(C)=C1C3(C)C)[C@]1(OC(C)=O)CO[C@@H]1C[C@@H]2O. The summed E-state index contributed by atoms with van der Waals surface area (Å²) in [7, 11) is 0. The molecular weight excluding hydrogens is 805 g/mol. The lowest BCUT2D eigenvalue weighted by Crippen LogP contribution is -2.82. The van der Waals surface area contributed by atoms with Crippen molar-refractivity contribution in [3.05, 3.63) is 119 Å². The number of ether oxygens (including phenoxy) is 6. The van der Waals surface area contributed by atoms with Crippen LogP contribution in [-0.4, -0.2) is 105 Å². The highest BCUT2D eigenvalue weighted by molar-refractivity contribution is 5.96. The summed E-state index contributed by atoms with van der Waals surface area (Å²) in [6.45, 7) is 7.91.